The molecule has 1 N–H and O–H groups in total. The van der Waals surface area contributed by atoms with Crippen LogP contribution < -0.4 is 5.32 Å². The Hall–Kier alpha value is -1.19. The van der Waals surface area contributed by atoms with E-state index >= 15 is 0 Å². The Morgan fingerprint density at radius 1 is 1.39 bits per heavy atom. The van der Waals surface area contributed by atoms with Crippen molar-refractivity contribution < 1.29 is 4.79 Å². The first-order valence-corrected chi connectivity index (χ1v) is 7.09. The molecule has 0 bridgehead atoms. The van der Waals surface area contributed by atoms with Crippen molar-refractivity contribution in [3.8, 4) is 0 Å². The second-order valence-electron chi connectivity index (χ2n) is 3.97. The van der Waals surface area contributed by atoms with E-state index in [0.29, 0.717) is 6.54 Å². The molecule has 0 aromatic heterocycles. The van der Waals surface area contributed by atoms with Gasteiger partial charge in [-0.2, -0.15) is 0 Å². The number of hydrogen-bond donors (Lipinski definition) is 1. The monoisotopic (exact) mass is 279 g/mol. The fourth-order valence-corrected chi connectivity index (χ4v) is 2.93. The Labute approximate surface area is 116 Å². The third-order valence-corrected chi connectivity index (χ3v) is 4.01. The van der Waals surface area contributed by atoms with E-state index in [0.717, 1.165) is 29.2 Å². The fourth-order valence-electron chi connectivity index (χ4n) is 1.79. The van der Waals surface area contributed by atoms with Crippen LogP contribution in [0.3, 0.4) is 0 Å². The van der Waals surface area contributed by atoms with Gasteiger partial charge in [-0.3, -0.25) is 4.79 Å². The topological polar surface area (TPSA) is 29.1 Å². The lowest BCUT2D eigenvalue weighted by Gasteiger charge is -2.13. The van der Waals surface area contributed by atoms with Gasteiger partial charge in [0.25, 0.3) is 0 Å². The lowest BCUT2D eigenvalue weighted by Crippen LogP contribution is -2.14. The minimum atomic E-state index is 0.605. The van der Waals surface area contributed by atoms with E-state index in [4.69, 9.17) is 11.6 Å². The van der Waals surface area contributed by atoms with E-state index in [1.807, 2.05) is 24.3 Å². The fraction of sp³-hybridized carbons (Fsp3) is 0.214. The largest absolute Gasteiger partial charge is 0.354 e. The molecular weight excluding hydrogens is 266 g/mol. The summed E-state index contributed by atoms with van der Waals surface area (Å²) in [6.45, 7) is 0.605. The van der Waals surface area contributed by atoms with Crippen molar-refractivity contribution in [1.82, 2.24) is 5.32 Å². The van der Waals surface area contributed by atoms with E-state index in [1.165, 1.54) is 10.5 Å². The number of carbonyl (C=O) groups is 1. The van der Waals surface area contributed by atoms with Gasteiger partial charge in [0.1, 0.15) is 0 Å². The lowest BCUT2D eigenvalue weighted by atomic mass is 10.0. The zero-order valence-corrected chi connectivity index (χ0v) is 11.4. The van der Waals surface area contributed by atoms with Crippen molar-refractivity contribution in [2.75, 3.05) is 12.3 Å². The van der Waals surface area contributed by atoms with Crippen LogP contribution in [0.4, 0.5) is 0 Å². The predicted molar refractivity (Wildman–Crippen MR) is 77.8 cm³/mol. The van der Waals surface area contributed by atoms with Crippen LogP contribution in [0.5, 0.6) is 0 Å². The highest BCUT2D eigenvalue weighted by molar-refractivity contribution is 8.03. The molecule has 2 nitrogen and oxygen atoms in total. The Morgan fingerprint density at radius 3 is 3.00 bits per heavy atom. The van der Waals surface area contributed by atoms with Crippen molar-refractivity contribution >= 4 is 29.8 Å². The molecule has 1 aromatic carbocycles. The molecule has 0 radical (unpaired) electrons. The van der Waals surface area contributed by atoms with Gasteiger partial charge in [0.2, 0.25) is 6.41 Å². The lowest BCUT2D eigenvalue weighted by molar-refractivity contribution is -0.109. The first kappa shape index (κ1) is 13.2. The molecule has 1 aliphatic rings. The van der Waals surface area contributed by atoms with Crippen LogP contribution in [0.2, 0.25) is 5.02 Å². The molecule has 2 rings (SSSR count). The van der Waals surface area contributed by atoms with Crippen molar-refractivity contribution in [3.05, 3.63) is 57.5 Å². The zero-order chi connectivity index (χ0) is 12.8. The number of nitrogens with one attached hydrogen (secondary N) is 1. The molecule has 0 fully saturated rings. The summed E-state index contributed by atoms with van der Waals surface area (Å²) in [5.41, 5.74) is 2.39. The third kappa shape index (κ3) is 3.65. The summed E-state index contributed by atoms with van der Waals surface area (Å²) in [5.74, 6) is 0.951. The molecule has 18 heavy (non-hydrogen) atoms. The van der Waals surface area contributed by atoms with Crippen LogP contribution >= 0.6 is 23.4 Å². The van der Waals surface area contributed by atoms with Crippen LogP contribution in [-0.2, 0) is 11.2 Å². The van der Waals surface area contributed by atoms with E-state index in [1.54, 1.807) is 11.8 Å². The highest BCUT2D eigenvalue weighted by Gasteiger charge is 2.08. The molecule has 1 aliphatic heterocycles. The van der Waals surface area contributed by atoms with Gasteiger partial charge in [-0.05, 0) is 29.7 Å². The van der Waals surface area contributed by atoms with Crippen LogP contribution in [0.15, 0.2) is 46.9 Å². The van der Waals surface area contributed by atoms with Gasteiger partial charge in [0.15, 0.2) is 0 Å². The number of hydrogen-bond acceptors (Lipinski definition) is 2. The van der Waals surface area contributed by atoms with Gasteiger partial charge in [-0.25, -0.2) is 0 Å². The summed E-state index contributed by atoms with van der Waals surface area (Å²) < 4.78 is 0. The molecule has 0 aliphatic carbocycles. The molecule has 1 heterocycles. The summed E-state index contributed by atoms with van der Waals surface area (Å²) in [4.78, 5) is 11.5. The van der Waals surface area contributed by atoms with Gasteiger partial charge in [-0.15, -0.1) is 11.8 Å². The molecule has 0 atom stereocenters. The van der Waals surface area contributed by atoms with Crippen molar-refractivity contribution in [3.63, 3.8) is 0 Å². The maximum atomic E-state index is 10.3. The number of thioether (sulfide) groups is 1. The molecule has 0 saturated heterocycles. The minimum absolute atomic E-state index is 0.605. The number of allylic oxidation sites excluding steroid dienone is 2. The second-order valence-corrected chi connectivity index (χ2v) is 5.52. The summed E-state index contributed by atoms with van der Waals surface area (Å²) in [5, 5.41) is 3.49. The van der Waals surface area contributed by atoms with Crippen LogP contribution in [-0.4, -0.2) is 18.7 Å². The van der Waals surface area contributed by atoms with Crippen LogP contribution in [0, 0.1) is 0 Å². The molecule has 0 spiro atoms. The molecule has 1 amide bonds. The maximum absolute atomic E-state index is 10.3. The highest BCUT2D eigenvalue weighted by atomic mass is 35.5. The van der Waals surface area contributed by atoms with Crippen molar-refractivity contribution in [2.45, 2.75) is 6.42 Å². The maximum Gasteiger partial charge on any atom is 0.207 e. The molecular formula is C14H14ClNOS. The number of amides is 1. The Morgan fingerprint density at radius 2 is 2.22 bits per heavy atom. The number of halogens is 1. The first-order chi connectivity index (χ1) is 8.79. The van der Waals surface area contributed by atoms with Gasteiger partial charge in [0.05, 0.1) is 0 Å². The standard InChI is InChI=1S/C14H14ClNOS/c15-14-4-2-1-3-12(14)7-11-5-6-18-13(8-11)9-16-10-17/h1-5,8,10H,6-7,9H2,(H,16,17). The molecule has 1 aromatic rings. The number of rotatable bonds is 5. The van der Waals surface area contributed by atoms with Gasteiger partial charge in [-0.1, -0.05) is 35.9 Å². The summed E-state index contributed by atoms with van der Waals surface area (Å²) in [6.07, 6.45) is 5.91. The number of carbonyl (C=O) groups excluding carboxylic acids is 1. The Bertz CT molecular complexity index is 496. The highest BCUT2D eigenvalue weighted by Crippen LogP contribution is 2.26. The van der Waals surface area contributed by atoms with Crippen LogP contribution in [0.25, 0.3) is 0 Å². The second kappa shape index (κ2) is 6.66. The Balaban J connectivity index is 2.05. The normalized spacial score (nSPS) is 14.7. The predicted octanol–water partition coefficient (Wildman–Crippen LogP) is 3.19. The SMILES string of the molecule is O=CNCC1=CC(Cc2ccccc2Cl)=CCS1. The minimum Gasteiger partial charge on any atom is -0.354 e. The average molecular weight is 280 g/mol. The molecule has 4 heteroatoms. The van der Waals surface area contributed by atoms with Crippen molar-refractivity contribution in [1.29, 1.82) is 0 Å². The Kier molecular flexibility index (Phi) is 4.90. The first-order valence-electron chi connectivity index (χ1n) is 5.72. The van der Waals surface area contributed by atoms with Gasteiger partial charge >= 0.3 is 0 Å². The number of benzene rings is 1. The third-order valence-electron chi connectivity index (χ3n) is 2.67. The van der Waals surface area contributed by atoms with E-state index in [2.05, 4.69) is 17.5 Å². The summed E-state index contributed by atoms with van der Waals surface area (Å²) in [7, 11) is 0. The van der Waals surface area contributed by atoms with Crippen molar-refractivity contribution in [2.24, 2.45) is 0 Å². The smallest absolute Gasteiger partial charge is 0.207 e. The molecule has 0 saturated carbocycles. The van der Waals surface area contributed by atoms with Gasteiger partial charge < -0.3 is 5.32 Å². The summed E-state index contributed by atoms with van der Waals surface area (Å²) >= 11 is 7.90. The molecule has 0 unspecified atom stereocenters. The average Bonchev–Trinajstić information content (AvgIpc) is 2.40. The zero-order valence-electron chi connectivity index (χ0n) is 9.86. The van der Waals surface area contributed by atoms with Gasteiger partial charge in [0, 0.05) is 22.2 Å². The van der Waals surface area contributed by atoms with E-state index < -0.39 is 0 Å². The quantitative estimate of drug-likeness (QED) is 0.839. The van der Waals surface area contributed by atoms with E-state index in [9.17, 15) is 4.79 Å². The van der Waals surface area contributed by atoms with E-state index in [-0.39, 0.29) is 0 Å². The molecule has 94 valence electrons. The van der Waals surface area contributed by atoms with Crippen LogP contribution in [0.1, 0.15) is 5.56 Å². The summed E-state index contributed by atoms with van der Waals surface area (Å²) in [6, 6.07) is 7.89.